The fraction of sp³-hybridized carbons (Fsp3) is 0. The zero-order valence-electron chi connectivity index (χ0n) is 13.2. The predicted octanol–water partition coefficient (Wildman–Crippen LogP) is 3.67. The molecule has 0 aliphatic carbocycles. The Kier molecular flexibility index (Phi) is 8.10. The Balaban J connectivity index is 0.000000271. The average Bonchev–Trinajstić information content (AvgIpc) is 3.15. The van der Waals surface area contributed by atoms with Crippen LogP contribution in [0.5, 0.6) is 0 Å². The fourth-order valence-electron chi connectivity index (χ4n) is 1.22. The van der Waals surface area contributed by atoms with Crippen molar-refractivity contribution in [1.29, 1.82) is 0 Å². The summed E-state index contributed by atoms with van der Waals surface area (Å²) in [6.07, 6.45) is 0. The van der Waals surface area contributed by atoms with Crippen LogP contribution < -0.4 is 0 Å². The number of benzene rings is 1. The van der Waals surface area contributed by atoms with Crippen LogP contribution in [0, 0.1) is 0 Å². The summed E-state index contributed by atoms with van der Waals surface area (Å²) in [5.74, 6) is 1.87. The van der Waals surface area contributed by atoms with Gasteiger partial charge >= 0.3 is 187 Å². The molecule has 3 rings (SSSR count). The Hall–Kier alpha value is 1.03. The number of hydrogen-bond donors (Lipinski definition) is 0. The average molecular weight is 943 g/mol. The zero-order chi connectivity index (χ0) is 23.6. The first-order valence-electron chi connectivity index (χ1n) is 6.31. The molecule has 0 fully saturated rings. The van der Waals surface area contributed by atoms with Gasteiger partial charge in [-0.15, -0.1) is 0 Å². The Labute approximate surface area is 185 Å². The molecule has 4 nitrogen and oxygen atoms in total. The monoisotopic (exact) mass is 945 g/mol. The van der Waals surface area contributed by atoms with E-state index in [0.717, 1.165) is 22.8 Å². The van der Waals surface area contributed by atoms with Crippen LogP contribution in [-0.4, -0.2) is 106 Å². The molecule has 3 aromatic rings. The summed E-state index contributed by atoms with van der Waals surface area (Å²) in [6.45, 7) is 0. The Bertz CT molecular complexity index is 851. The van der Waals surface area contributed by atoms with Crippen LogP contribution in [0.15, 0.2) is 24.3 Å². The van der Waals surface area contributed by atoms with Crippen LogP contribution in [0.3, 0.4) is 0 Å². The van der Waals surface area contributed by atoms with Crippen LogP contribution in [0.4, 0.5) is 33.8 Å². The van der Waals surface area contributed by atoms with Crippen molar-refractivity contribution in [3.05, 3.63) is 24.3 Å². The third-order valence-electron chi connectivity index (χ3n) is 1.96. The summed E-state index contributed by atoms with van der Waals surface area (Å²) in [6, 6.07) is 8.30. The third-order valence-corrected chi connectivity index (χ3v) is 9.02. The van der Waals surface area contributed by atoms with E-state index in [-0.39, 0.29) is 0 Å². The van der Waals surface area contributed by atoms with E-state index in [2.05, 4.69) is 40.2 Å². The minimum absolute atomic E-state index is 0.386. The van der Waals surface area contributed by atoms with Crippen molar-refractivity contribution in [3.63, 3.8) is 0 Å². The van der Waals surface area contributed by atoms with Crippen molar-refractivity contribution in [2.24, 2.45) is 0 Å². The fourth-order valence-corrected chi connectivity index (χ4v) is 8.38. The zero-order valence-corrected chi connectivity index (χ0v) is 25.1. The standard InChI is InChI=1S/C8H4N4Se4.12FH.2Sb/c1-2-6(8-11-15-16-12-8)4-3-5(1)7-9-13-14-10-7;;;;;;;;;;;;;;/h1-4H;12*1H;;/q+2;;;;;;;;;;;;;2*+5/p-12. The van der Waals surface area contributed by atoms with Gasteiger partial charge < -0.3 is 0 Å². The van der Waals surface area contributed by atoms with E-state index in [1.54, 1.807) is 0 Å². The van der Waals surface area contributed by atoms with Crippen LogP contribution in [-0.2, 0) is 0 Å². The van der Waals surface area contributed by atoms with Gasteiger partial charge in [-0.1, -0.05) is 0 Å². The van der Waals surface area contributed by atoms with E-state index in [9.17, 15) is 33.8 Å². The van der Waals surface area contributed by atoms with Crippen LogP contribution in [0.1, 0.15) is 0 Å². The first-order valence-corrected chi connectivity index (χ1v) is 29.6. The van der Waals surface area contributed by atoms with Crippen LogP contribution >= 0.6 is 0 Å². The molecule has 2 heterocycles. The predicted molar refractivity (Wildman–Crippen MR) is 89.9 cm³/mol. The molecule has 0 spiro atoms. The molecule has 0 aliphatic rings. The van der Waals surface area contributed by atoms with E-state index >= 15 is 0 Å². The Morgan fingerprint density at radius 2 is 0.767 bits per heavy atom. The second kappa shape index (κ2) is 8.36. The van der Waals surface area contributed by atoms with Crippen molar-refractivity contribution in [1.82, 2.24) is 15.9 Å². The molecule has 0 radical (unpaired) electrons. The molecule has 2 aromatic heterocycles. The summed E-state index contributed by atoms with van der Waals surface area (Å²) in [5.41, 5.74) is 2.25. The second-order valence-electron chi connectivity index (χ2n) is 4.80. The van der Waals surface area contributed by atoms with E-state index in [0.29, 0.717) is 51.4 Å². The quantitative estimate of drug-likeness (QED) is 0.291. The van der Waals surface area contributed by atoms with E-state index in [4.69, 9.17) is 0 Å². The van der Waals surface area contributed by atoms with Crippen molar-refractivity contribution < 1.29 is 33.8 Å². The first-order chi connectivity index (χ1) is 12.8. The summed E-state index contributed by atoms with van der Waals surface area (Å²) in [5, 5.41) is 0. The molecule has 0 bridgehead atoms. The number of aromatic nitrogens is 4. The molecule has 1 aromatic carbocycles. The van der Waals surface area contributed by atoms with Crippen LogP contribution in [0.2, 0.25) is 0 Å². The SMILES string of the molecule is [F][Sb-]([F])([F])([F])([F])[F].[F][Sb-]([F])([F])([F])([F])[F].c1cc(-c2n[se][se+]n2)ccc1-c1n[se][se+]n1. The number of rotatable bonds is 2. The molecular weight excluding hydrogens is 939 g/mol. The minimum atomic E-state index is -11.2. The molecule has 0 amide bonds. The Morgan fingerprint density at radius 3 is 0.933 bits per heavy atom. The summed E-state index contributed by atoms with van der Waals surface area (Å²) >= 11 is -21.0. The molecule has 0 N–H and O–H groups in total. The summed E-state index contributed by atoms with van der Waals surface area (Å²) < 4.78 is 137. The molecule has 0 saturated heterocycles. The van der Waals surface area contributed by atoms with Gasteiger partial charge in [-0.2, -0.15) is 0 Å². The Morgan fingerprint density at radius 1 is 0.533 bits per heavy atom. The third kappa shape index (κ3) is 20.9. The molecular formula is C8H4F12N4Sb2Se4. The van der Waals surface area contributed by atoms with Gasteiger partial charge in [0.1, 0.15) is 0 Å². The molecule has 30 heavy (non-hydrogen) atoms. The molecule has 0 aliphatic heterocycles. The normalized spacial score (nSPS) is 16.4. The van der Waals surface area contributed by atoms with E-state index in [1.807, 2.05) is 0 Å². The van der Waals surface area contributed by atoms with Gasteiger partial charge in [-0.25, -0.2) is 0 Å². The molecule has 0 unspecified atom stereocenters. The van der Waals surface area contributed by atoms with Crippen LogP contribution in [0.25, 0.3) is 22.8 Å². The van der Waals surface area contributed by atoms with Gasteiger partial charge in [0, 0.05) is 0 Å². The summed E-state index contributed by atoms with van der Waals surface area (Å²) in [4.78, 5) is 0. The maximum absolute atomic E-state index is 11.2. The molecule has 0 atom stereocenters. The van der Waals surface area contributed by atoms with E-state index < -0.39 is 39.0 Å². The van der Waals surface area contributed by atoms with Crippen molar-refractivity contribution in [2.75, 3.05) is 0 Å². The van der Waals surface area contributed by atoms with Crippen molar-refractivity contribution in [3.8, 4) is 22.8 Å². The van der Waals surface area contributed by atoms with Gasteiger partial charge in [-0.05, 0) is 0 Å². The molecule has 0 saturated carbocycles. The number of hydrogen-bond acceptors (Lipinski definition) is 4. The number of halogens is 12. The van der Waals surface area contributed by atoms with Gasteiger partial charge in [0.05, 0.1) is 0 Å². The first kappa shape index (κ1) is 29.1. The van der Waals surface area contributed by atoms with Crippen molar-refractivity contribution >= 4 is 90.4 Å². The summed E-state index contributed by atoms with van der Waals surface area (Å²) in [7, 11) is 0. The molecule has 22 heteroatoms. The van der Waals surface area contributed by atoms with Gasteiger partial charge in [0.2, 0.25) is 0 Å². The molecule has 174 valence electrons. The maximum atomic E-state index is 9.93. The van der Waals surface area contributed by atoms with Gasteiger partial charge in [0.25, 0.3) is 0 Å². The second-order valence-corrected chi connectivity index (χ2v) is 25.0. The topological polar surface area (TPSA) is 51.6 Å². The van der Waals surface area contributed by atoms with E-state index in [1.165, 1.54) is 0 Å². The van der Waals surface area contributed by atoms with Gasteiger partial charge in [-0.3, -0.25) is 0 Å². The number of nitrogens with zero attached hydrogens (tertiary/aromatic N) is 4. The van der Waals surface area contributed by atoms with Crippen molar-refractivity contribution in [2.45, 2.75) is 0 Å². The van der Waals surface area contributed by atoms with Gasteiger partial charge in [0.15, 0.2) is 0 Å².